The predicted molar refractivity (Wildman–Crippen MR) is 45.0 cm³/mol. The quantitative estimate of drug-likeness (QED) is 0.532. The molecular weight excluding hydrogens is 190 g/mol. The summed E-state index contributed by atoms with van der Waals surface area (Å²) in [7, 11) is 0. The Kier molecular flexibility index (Phi) is 1.88. The van der Waals surface area contributed by atoms with E-state index in [2.05, 4.69) is 4.98 Å². The Balaban J connectivity index is 2.20. The van der Waals surface area contributed by atoms with Crippen molar-refractivity contribution in [3.8, 4) is 6.01 Å². The summed E-state index contributed by atoms with van der Waals surface area (Å²) in [6.45, 7) is 2.00. The third-order valence-corrected chi connectivity index (χ3v) is 2.09. The monoisotopic (exact) mass is 199 g/mol. The number of aromatic nitrogens is 2. The topological polar surface area (TPSA) is 90.4 Å². The maximum absolute atomic E-state index is 10.3. The summed E-state index contributed by atoms with van der Waals surface area (Å²) in [4.78, 5) is 13.4. The van der Waals surface area contributed by atoms with E-state index in [4.69, 9.17) is 4.74 Å². The van der Waals surface area contributed by atoms with E-state index >= 15 is 0 Å². The van der Waals surface area contributed by atoms with Crippen LogP contribution in [0.2, 0.25) is 0 Å². The molecule has 1 aromatic heterocycles. The molecule has 7 nitrogen and oxygen atoms in total. The van der Waals surface area contributed by atoms with Crippen LogP contribution in [0, 0.1) is 10.1 Å². The highest BCUT2D eigenvalue weighted by atomic mass is 16.6. The van der Waals surface area contributed by atoms with Crippen LogP contribution in [0.1, 0.15) is 6.92 Å². The number of nitro groups is 1. The first-order valence-electron chi connectivity index (χ1n) is 4.14. The molecule has 0 fully saturated rings. The number of aliphatic hydroxyl groups is 1. The summed E-state index contributed by atoms with van der Waals surface area (Å²) in [5.41, 5.74) is 0. The third kappa shape index (κ3) is 1.31. The Hall–Kier alpha value is -1.63. The van der Waals surface area contributed by atoms with Crippen molar-refractivity contribution >= 4 is 5.82 Å². The lowest BCUT2D eigenvalue weighted by Gasteiger charge is -2.10. The fourth-order valence-electron chi connectivity index (χ4n) is 1.32. The molecule has 0 aliphatic carbocycles. The molecule has 2 atom stereocenters. The second kappa shape index (κ2) is 2.95. The first kappa shape index (κ1) is 8.95. The highest BCUT2D eigenvalue weighted by Crippen LogP contribution is 2.25. The molecule has 1 aliphatic rings. The largest absolute Gasteiger partial charge is 0.438 e. The standard InChI is InChI=1S/C7H9N3O4/c1-4(11)5-2-9-3-6(10(12)13)8-7(9)14-5/h3-5,11H,2H2,1H3. The van der Waals surface area contributed by atoms with E-state index in [-0.39, 0.29) is 17.9 Å². The Morgan fingerprint density at radius 3 is 3.14 bits per heavy atom. The summed E-state index contributed by atoms with van der Waals surface area (Å²) in [6, 6.07) is 0.197. The van der Waals surface area contributed by atoms with Gasteiger partial charge >= 0.3 is 11.8 Å². The van der Waals surface area contributed by atoms with Crippen molar-refractivity contribution < 1.29 is 14.8 Å². The van der Waals surface area contributed by atoms with Crippen molar-refractivity contribution in [2.75, 3.05) is 0 Å². The van der Waals surface area contributed by atoms with Gasteiger partial charge in [-0.1, -0.05) is 0 Å². The summed E-state index contributed by atoms with van der Waals surface area (Å²) in [5.74, 6) is -0.232. The van der Waals surface area contributed by atoms with Crippen molar-refractivity contribution in [3.05, 3.63) is 16.3 Å². The number of fused-ring (bicyclic) bond motifs is 1. The van der Waals surface area contributed by atoms with Crippen molar-refractivity contribution in [3.63, 3.8) is 0 Å². The van der Waals surface area contributed by atoms with E-state index in [0.29, 0.717) is 6.54 Å². The Morgan fingerprint density at radius 1 is 1.93 bits per heavy atom. The fraction of sp³-hybridized carbons (Fsp3) is 0.571. The van der Waals surface area contributed by atoms with Crippen LogP contribution < -0.4 is 4.74 Å². The molecule has 1 aliphatic heterocycles. The minimum atomic E-state index is -0.615. The predicted octanol–water partition coefficient (Wildman–Crippen LogP) is -0.0669. The molecule has 2 rings (SSSR count). The van der Waals surface area contributed by atoms with Crippen molar-refractivity contribution in [1.82, 2.24) is 9.55 Å². The van der Waals surface area contributed by atoms with Crippen molar-refractivity contribution in [2.24, 2.45) is 0 Å². The maximum atomic E-state index is 10.3. The van der Waals surface area contributed by atoms with E-state index < -0.39 is 11.0 Å². The van der Waals surface area contributed by atoms with Gasteiger partial charge in [-0.2, -0.15) is 0 Å². The molecule has 2 unspecified atom stereocenters. The lowest BCUT2D eigenvalue weighted by Crippen LogP contribution is -2.28. The van der Waals surface area contributed by atoms with E-state index in [9.17, 15) is 15.2 Å². The minimum Gasteiger partial charge on any atom is -0.438 e. The number of nitrogens with zero attached hydrogens (tertiary/aromatic N) is 3. The number of aliphatic hydroxyl groups excluding tert-OH is 1. The molecule has 76 valence electrons. The molecule has 0 saturated heterocycles. The summed E-state index contributed by atoms with van der Waals surface area (Å²) >= 11 is 0. The molecule has 2 heterocycles. The van der Waals surface area contributed by atoms with Crippen LogP contribution in [0.15, 0.2) is 6.20 Å². The van der Waals surface area contributed by atoms with Gasteiger partial charge in [-0.15, -0.1) is 0 Å². The zero-order valence-electron chi connectivity index (χ0n) is 7.45. The SMILES string of the molecule is CC(O)C1Cn2cc([N+](=O)[O-])nc2O1. The zero-order chi connectivity index (χ0) is 10.3. The third-order valence-electron chi connectivity index (χ3n) is 2.09. The molecule has 0 bridgehead atoms. The van der Waals surface area contributed by atoms with E-state index in [0.717, 1.165) is 0 Å². The smallest absolute Gasteiger partial charge is 0.414 e. The molecule has 0 spiro atoms. The molecule has 0 aromatic carbocycles. The highest BCUT2D eigenvalue weighted by molar-refractivity contribution is 5.22. The van der Waals surface area contributed by atoms with Crippen LogP contribution in [-0.2, 0) is 6.54 Å². The van der Waals surface area contributed by atoms with Gasteiger partial charge in [0, 0.05) is 4.98 Å². The first-order valence-corrected chi connectivity index (χ1v) is 4.14. The molecule has 1 aromatic rings. The van der Waals surface area contributed by atoms with Gasteiger partial charge in [-0.3, -0.25) is 4.57 Å². The van der Waals surface area contributed by atoms with E-state index in [1.807, 2.05) is 0 Å². The average Bonchev–Trinajstić information content (AvgIpc) is 2.57. The summed E-state index contributed by atoms with van der Waals surface area (Å²) in [5, 5.41) is 19.6. The van der Waals surface area contributed by atoms with Gasteiger partial charge in [0.2, 0.25) is 0 Å². The van der Waals surface area contributed by atoms with Crippen molar-refractivity contribution in [1.29, 1.82) is 0 Å². The van der Waals surface area contributed by atoms with Gasteiger partial charge in [0.1, 0.15) is 12.3 Å². The zero-order valence-corrected chi connectivity index (χ0v) is 7.45. The van der Waals surface area contributed by atoms with Crippen LogP contribution >= 0.6 is 0 Å². The molecule has 1 N–H and O–H groups in total. The molecular formula is C7H9N3O4. The van der Waals surface area contributed by atoms with Gasteiger partial charge in [0.05, 0.1) is 12.6 Å². The van der Waals surface area contributed by atoms with Gasteiger partial charge in [-0.25, -0.2) is 0 Å². The van der Waals surface area contributed by atoms with Crippen LogP contribution in [0.3, 0.4) is 0 Å². The first-order chi connectivity index (χ1) is 6.58. The lowest BCUT2D eigenvalue weighted by molar-refractivity contribution is -0.389. The van der Waals surface area contributed by atoms with Gasteiger partial charge < -0.3 is 20.0 Å². The van der Waals surface area contributed by atoms with Crippen LogP contribution in [0.4, 0.5) is 5.82 Å². The second-order valence-electron chi connectivity index (χ2n) is 3.19. The van der Waals surface area contributed by atoms with Crippen LogP contribution in [0.5, 0.6) is 6.01 Å². The number of hydrogen-bond donors (Lipinski definition) is 1. The minimum absolute atomic E-state index is 0.197. The lowest BCUT2D eigenvalue weighted by atomic mass is 10.2. The molecule has 7 heteroatoms. The fourth-order valence-corrected chi connectivity index (χ4v) is 1.32. The number of rotatable bonds is 2. The number of imidazole rings is 1. The van der Waals surface area contributed by atoms with Crippen molar-refractivity contribution in [2.45, 2.75) is 25.7 Å². The van der Waals surface area contributed by atoms with Crippen LogP contribution in [0.25, 0.3) is 0 Å². The normalized spacial score (nSPS) is 21.4. The molecule has 14 heavy (non-hydrogen) atoms. The second-order valence-corrected chi connectivity index (χ2v) is 3.19. The summed E-state index contributed by atoms with van der Waals surface area (Å²) < 4.78 is 6.72. The molecule has 0 amide bonds. The maximum Gasteiger partial charge on any atom is 0.414 e. The number of hydrogen-bond acceptors (Lipinski definition) is 5. The Morgan fingerprint density at radius 2 is 2.64 bits per heavy atom. The van der Waals surface area contributed by atoms with Gasteiger partial charge in [0.25, 0.3) is 0 Å². The van der Waals surface area contributed by atoms with Gasteiger partial charge in [-0.05, 0) is 11.8 Å². The van der Waals surface area contributed by atoms with Gasteiger partial charge in [0.15, 0.2) is 0 Å². The van der Waals surface area contributed by atoms with E-state index in [1.165, 1.54) is 10.8 Å². The Labute approximate surface area is 79.1 Å². The number of ether oxygens (including phenoxy) is 1. The highest BCUT2D eigenvalue weighted by Gasteiger charge is 2.33. The molecule has 0 radical (unpaired) electrons. The average molecular weight is 199 g/mol. The molecule has 0 saturated carbocycles. The van der Waals surface area contributed by atoms with E-state index in [1.54, 1.807) is 6.92 Å². The van der Waals surface area contributed by atoms with Crippen LogP contribution in [-0.4, -0.2) is 31.8 Å². The Bertz CT molecular complexity index is 350. The summed E-state index contributed by atoms with van der Waals surface area (Å²) in [6.07, 6.45) is 0.326.